The Morgan fingerprint density at radius 2 is 0.750 bits per heavy atom. The lowest BCUT2D eigenvalue weighted by molar-refractivity contribution is -0.334. The van der Waals surface area contributed by atoms with Crippen LogP contribution >= 0.6 is 0 Å². The standard InChI is InChI=1S/C20H27NO11.4C10H20O2/c21-6-10(9-4-2-1-3-5-9)30-20-18(28)16(26)14(24)12(32-20)8-29-19-17(27)15(25)13(23)11(7-22)31-19;4*1-2-3-4-5-6-7-8-9-10(11)12/h1-5,10-20,22-28H,7-8H2;4*2-9H2,1H3,(H,11,12)/t10-,11+,12+,13+,14+,15-,16-,17+,18+,19+,20+;;;;/m0..../s1. The quantitative estimate of drug-likeness (QED) is 0.0273. The van der Waals surface area contributed by atoms with Gasteiger partial charge < -0.3 is 75.1 Å². The van der Waals surface area contributed by atoms with E-state index in [1.165, 1.54) is 128 Å². The Hall–Kier alpha value is -3.85. The van der Waals surface area contributed by atoms with E-state index in [1.807, 2.05) is 6.07 Å². The lowest BCUT2D eigenvalue weighted by Crippen LogP contribution is -2.61. The summed E-state index contributed by atoms with van der Waals surface area (Å²) in [7, 11) is 0. The maximum Gasteiger partial charge on any atom is 0.303 e. The van der Waals surface area contributed by atoms with Crippen molar-refractivity contribution >= 4 is 23.9 Å². The van der Waals surface area contributed by atoms with Crippen LogP contribution < -0.4 is 0 Å². The van der Waals surface area contributed by atoms with Crippen molar-refractivity contribution in [3.63, 3.8) is 0 Å². The molecule has 3 rings (SSSR count). The van der Waals surface area contributed by atoms with Crippen molar-refractivity contribution in [1.82, 2.24) is 0 Å². The molecule has 0 saturated carbocycles. The van der Waals surface area contributed by atoms with Crippen LogP contribution in [0.4, 0.5) is 0 Å². The van der Waals surface area contributed by atoms with E-state index in [1.54, 1.807) is 30.3 Å². The molecule has 2 heterocycles. The molecule has 2 aliphatic rings. The molecule has 2 saturated heterocycles. The molecule has 0 amide bonds. The molecule has 0 radical (unpaired) electrons. The number of carboxylic acids is 4. The molecule has 20 nitrogen and oxygen atoms in total. The number of carbonyl (C=O) groups is 4. The fourth-order valence-electron chi connectivity index (χ4n) is 8.44. The van der Waals surface area contributed by atoms with Crippen LogP contribution in [0.15, 0.2) is 30.3 Å². The molecule has 1 aromatic rings. The van der Waals surface area contributed by atoms with Gasteiger partial charge in [0.2, 0.25) is 0 Å². The number of ether oxygens (including phenoxy) is 4. The van der Waals surface area contributed by atoms with Gasteiger partial charge in [0.15, 0.2) is 18.7 Å². The van der Waals surface area contributed by atoms with E-state index in [4.69, 9.17) is 39.4 Å². The Kier molecular flexibility index (Phi) is 52.0. The number of aliphatic hydroxyl groups is 7. The van der Waals surface area contributed by atoms with E-state index in [0.29, 0.717) is 31.2 Å². The van der Waals surface area contributed by atoms with Crippen LogP contribution in [-0.2, 0) is 38.1 Å². The van der Waals surface area contributed by atoms with Crippen LogP contribution in [0.2, 0.25) is 0 Å². The smallest absolute Gasteiger partial charge is 0.303 e. The van der Waals surface area contributed by atoms with Crippen molar-refractivity contribution in [2.45, 2.75) is 301 Å². The first kappa shape index (κ1) is 78.2. The summed E-state index contributed by atoms with van der Waals surface area (Å²) >= 11 is 0. The van der Waals surface area contributed by atoms with Crippen LogP contribution in [0.5, 0.6) is 0 Å². The van der Waals surface area contributed by atoms with Crippen molar-refractivity contribution in [3.8, 4) is 6.07 Å². The van der Waals surface area contributed by atoms with E-state index in [2.05, 4.69) is 27.7 Å². The fraction of sp³-hybridized carbons (Fsp3) is 0.817. The lowest BCUT2D eigenvalue weighted by Gasteiger charge is -2.43. The zero-order valence-corrected chi connectivity index (χ0v) is 48.9. The van der Waals surface area contributed by atoms with Crippen LogP contribution in [0.1, 0.15) is 245 Å². The number of carboxylic acid groups (broad SMARTS) is 4. The number of aliphatic hydroxyl groups excluding tert-OH is 7. The molecular weight excluding hydrogens is 1040 g/mol. The minimum absolute atomic E-state index is 0.341. The largest absolute Gasteiger partial charge is 0.481 e. The van der Waals surface area contributed by atoms with E-state index in [0.717, 1.165) is 51.4 Å². The van der Waals surface area contributed by atoms with Gasteiger partial charge in [0, 0.05) is 25.7 Å². The van der Waals surface area contributed by atoms with Crippen molar-refractivity contribution in [2.75, 3.05) is 13.2 Å². The number of nitriles is 1. The Morgan fingerprint density at radius 3 is 1.06 bits per heavy atom. The van der Waals surface area contributed by atoms with Gasteiger partial charge in [-0.3, -0.25) is 19.2 Å². The number of aliphatic carboxylic acids is 4. The predicted octanol–water partition coefficient (Wildman–Crippen LogP) is 9.74. The maximum absolute atomic E-state index is 10.3. The van der Waals surface area contributed by atoms with Crippen molar-refractivity contribution in [2.24, 2.45) is 0 Å². The summed E-state index contributed by atoms with van der Waals surface area (Å²) in [4.78, 5) is 40.5. The lowest BCUT2D eigenvalue weighted by atomic mass is 9.98. The van der Waals surface area contributed by atoms with Crippen LogP contribution in [0.3, 0.4) is 0 Å². The zero-order valence-electron chi connectivity index (χ0n) is 48.9. The molecule has 0 spiro atoms. The van der Waals surface area contributed by atoms with Gasteiger partial charge in [-0.05, 0) is 31.2 Å². The molecule has 11 atom stereocenters. The first-order chi connectivity index (χ1) is 38.4. The van der Waals surface area contributed by atoms with Gasteiger partial charge in [-0.2, -0.15) is 5.26 Å². The normalized spacial score (nSPS) is 22.5. The van der Waals surface area contributed by atoms with Gasteiger partial charge in [0.05, 0.1) is 19.3 Å². The Morgan fingerprint density at radius 1 is 0.450 bits per heavy atom. The van der Waals surface area contributed by atoms with Gasteiger partial charge in [0.25, 0.3) is 0 Å². The average Bonchev–Trinajstić information content (AvgIpc) is 3.43. The van der Waals surface area contributed by atoms with E-state index in [-0.39, 0.29) is 0 Å². The predicted molar refractivity (Wildman–Crippen MR) is 303 cm³/mol. The summed E-state index contributed by atoms with van der Waals surface area (Å²) in [6.45, 7) is 7.66. The third kappa shape index (κ3) is 42.0. The number of benzene rings is 1. The fourth-order valence-corrected chi connectivity index (χ4v) is 8.44. The number of hydrogen-bond acceptors (Lipinski definition) is 16. The number of rotatable bonds is 39. The topological polar surface area (TPSA) is 352 Å². The zero-order chi connectivity index (χ0) is 60.4. The highest BCUT2D eigenvalue weighted by atomic mass is 16.7. The summed E-state index contributed by atoms with van der Waals surface area (Å²) in [5.41, 5.74) is 0.487. The molecular formula is C60H107NO19. The SMILES string of the molecule is CCCCCCCCCC(=O)O.CCCCCCCCCC(=O)O.CCCCCCCCCC(=O)O.CCCCCCCCCC(=O)O.N#C[C@H](O[C@@H]1O[C@H](CO[C@@H]2O[C@H](CO)[C@@H](O)[C@H](O)[C@H]2O)[C@@H](O)[C@H](O)[C@H]1O)c1ccccc1. The highest BCUT2D eigenvalue weighted by Gasteiger charge is 2.48. The summed E-state index contributed by atoms with van der Waals surface area (Å²) in [5.74, 6) is -2.65. The van der Waals surface area contributed by atoms with Crippen LogP contribution in [-0.4, -0.2) is 155 Å². The molecule has 466 valence electrons. The van der Waals surface area contributed by atoms with Crippen molar-refractivity contribution in [1.29, 1.82) is 5.26 Å². The Labute approximate surface area is 477 Å². The molecule has 2 aliphatic heterocycles. The molecule has 2 fully saturated rings. The molecule has 0 unspecified atom stereocenters. The second-order valence-corrected chi connectivity index (χ2v) is 20.7. The van der Waals surface area contributed by atoms with Crippen LogP contribution in [0.25, 0.3) is 0 Å². The average molecular weight is 1150 g/mol. The molecule has 1 aromatic carbocycles. The molecule has 0 aliphatic carbocycles. The third-order valence-electron chi connectivity index (χ3n) is 13.4. The second kappa shape index (κ2) is 53.2. The first-order valence-corrected chi connectivity index (χ1v) is 30.0. The summed E-state index contributed by atoms with van der Waals surface area (Å²) in [5, 5.41) is 112. The van der Waals surface area contributed by atoms with Crippen molar-refractivity contribution < 1.29 is 94.3 Å². The monoisotopic (exact) mass is 1150 g/mol. The van der Waals surface area contributed by atoms with Gasteiger partial charge in [-0.25, -0.2) is 0 Å². The molecule has 0 bridgehead atoms. The van der Waals surface area contributed by atoms with E-state index >= 15 is 0 Å². The van der Waals surface area contributed by atoms with Gasteiger partial charge in [-0.1, -0.05) is 212 Å². The van der Waals surface area contributed by atoms with Crippen LogP contribution in [0, 0.1) is 11.3 Å². The van der Waals surface area contributed by atoms with Gasteiger partial charge >= 0.3 is 23.9 Å². The van der Waals surface area contributed by atoms with E-state index < -0.39 is 105 Å². The minimum atomic E-state index is -1.70. The maximum atomic E-state index is 10.3. The highest BCUT2D eigenvalue weighted by Crippen LogP contribution is 2.29. The van der Waals surface area contributed by atoms with E-state index in [9.17, 15) is 60.2 Å². The summed E-state index contributed by atoms with van der Waals surface area (Å²) in [6.07, 6.45) is 18.1. The minimum Gasteiger partial charge on any atom is -0.481 e. The second-order valence-electron chi connectivity index (χ2n) is 20.7. The summed E-state index contributed by atoms with van der Waals surface area (Å²) < 4.78 is 21.6. The molecule has 11 N–H and O–H groups in total. The molecule has 0 aromatic heterocycles. The third-order valence-corrected chi connectivity index (χ3v) is 13.4. The molecule has 80 heavy (non-hydrogen) atoms. The number of hydrogen-bond donors (Lipinski definition) is 11. The summed E-state index contributed by atoms with van der Waals surface area (Å²) in [6, 6.07) is 10.3. The number of unbranched alkanes of at least 4 members (excludes halogenated alkanes) is 24. The van der Waals surface area contributed by atoms with Gasteiger partial charge in [0.1, 0.15) is 48.8 Å². The Balaban J connectivity index is 0. The van der Waals surface area contributed by atoms with Crippen molar-refractivity contribution in [3.05, 3.63) is 35.9 Å². The number of nitrogens with zero attached hydrogens (tertiary/aromatic N) is 1. The Bertz CT molecular complexity index is 1560. The molecule has 20 heteroatoms. The van der Waals surface area contributed by atoms with Gasteiger partial charge in [-0.15, -0.1) is 0 Å². The first-order valence-electron chi connectivity index (χ1n) is 30.0. The highest BCUT2D eigenvalue weighted by molar-refractivity contribution is 5.67.